The van der Waals surface area contributed by atoms with Crippen molar-refractivity contribution in [2.75, 3.05) is 32.8 Å². The molecule has 4 rings (SSSR count). The summed E-state index contributed by atoms with van der Waals surface area (Å²) in [5.41, 5.74) is 1.59. The predicted octanol–water partition coefficient (Wildman–Crippen LogP) is 4.37. The number of rotatable bonds is 6. The molecule has 0 bridgehead atoms. The number of aryl methyl sites for hydroxylation is 1. The lowest BCUT2D eigenvalue weighted by Gasteiger charge is -2.26. The van der Waals surface area contributed by atoms with Crippen molar-refractivity contribution in [3.63, 3.8) is 0 Å². The Balaban J connectivity index is 1.60. The van der Waals surface area contributed by atoms with Gasteiger partial charge in [0.05, 0.1) is 29.8 Å². The maximum atomic E-state index is 13.1. The molecule has 4 nitrogen and oxygen atoms in total. The number of imidazole rings is 1. The van der Waals surface area contributed by atoms with Crippen LogP contribution < -0.4 is 0 Å². The number of hydrogen-bond donors (Lipinski definition) is 0. The van der Waals surface area contributed by atoms with Crippen molar-refractivity contribution >= 4 is 11.0 Å². The minimum Gasteiger partial charge on any atom is -0.379 e. The second kappa shape index (κ2) is 8.55. The van der Waals surface area contributed by atoms with Gasteiger partial charge in [0.15, 0.2) is 0 Å². The second-order valence-electron chi connectivity index (χ2n) is 7.35. The van der Waals surface area contributed by atoms with Gasteiger partial charge < -0.3 is 9.30 Å². The van der Waals surface area contributed by atoms with Gasteiger partial charge in [-0.1, -0.05) is 30.3 Å². The van der Waals surface area contributed by atoms with Gasteiger partial charge in [0, 0.05) is 32.6 Å². The van der Waals surface area contributed by atoms with E-state index in [4.69, 9.17) is 4.74 Å². The molecule has 0 radical (unpaired) electrons. The van der Waals surface area contributed by atoms with Crippen LogP contribution in [0.4, 0.5) is 13.2 Å². The van der Waals surface area contributed by atoms with Crippen LogP contribution in [-0.4, -0.2) is 47.3 Å². The second-order valence-corrected chi connectivity index (χ2v) is 7.35. The van der Waals surface area contributed by atoms with Gasteiger partial charge in [-0.3, -0.25) is 4.90 Å². The maximum Gasteiger partial charge on any atom is 0.416 e. The van der Waals surface area contributed by atoms with Crippen molar-refractivity contribution in [2.45, 2.75) is 25.6 Å². The van der Waals surface area contributed by atoms with Crippen molar-refractivity contribution in [3.05, 3.63) is 65.5 Å². The summed E-state index contributed by atoms with van der Waals surface area (Å²) in [6, 6.07) is 13.7. The van der Waals surface area contributed by atoms with Crippen molar-refractivity contribution in [3.8, 4) is 0 Å². The summed E-state index contributed by atoms with van der Waals surface area (Å²) in [5.74, 6) is 0.799. The molecule has 1 aliphatic heterocycles. The number of nitrogens with zero attached hydrogens (tertiary/aromatic N) is 3. The standard InChI is InChI=1S/C22H24F3N3O/c23-22(24,25)18-7-8-20-19(16-18)26-21(15-17-5-2-1-3-6-17)28(20)10-4-9-27-11-13-29-14-12-27/h1-3,5-8,16H,4,9-15H2. The number of morpholine rings is 1. The molecule has 0 spiro atoms. The van der Waals surface area contributed by atoms with E-state index < -0.39 is 11.7 Å². The molecule has 154 valence electrons. The van der Waals surface area contributed by atoms with Gasteiger partial charge in [-0.25, -0.2) is 4.98 Å². The van der Waals surface area contributed by atoms with Crippen molar-refractivity contribution in [2.24, 2.45) is 0 Å². The predicted molar refractivity (Wildman–Crippen MR) is 106 cm³/mol. The monoisotopic (exact) mass is 403 g/mol. The van der Waals surface area contributed by atoms with Crippen LogP contribution in [0.15, 0.2) is 48.5 Å². The topological polar surface area (TPSA) is 30.3 Å². The van der Waals surface area contributed by atoms with E-state index in [0.717, 1.165) is 74.9 Å². The summed E-state index contributed by atoms with van der Waals surface area (Å²) in [5, 5.41) is 0. The van der Waals surface area contributed by atoms with Gasteiger partial charge in [0.2, 0.25) is 0 Å². The Morgan fingerprint density at radius 1 is 0.966 bits per heavy atom. The lowest BCUT2D eigenvalue weighted by Crippen LogP contribution is -2.37. The van der Waals surface area contributed by atoms with Gasteiger partial charge in [-0.05, 0) is 30.2 Å². The molecule has 29 heavy (non-hydrogen) atoms. The zero-order chi connectivity index (χ0) is 20.3. The zero-order valence-electron chi connectivity index (χ0n) is 16.2. The van der Waals surface area contributed by atoms with E-state index in [1.54, 1.807) is 6.07 Å². The first-order valence-corrected chi connectivity index (χ1v) is 9.91. The number of hydrogen-bond acceptors (Lipinski definition) is 3. The van der Waals surface area contributed by atoms with Crippen molar-refractivity contribution in [1.82, 2.24) is 14.5 Å². The molecular weight excluding hydrogens is 379 g/mol. The molecule has 0 saturated carbocycles. The first-order chi connectivity index (χ1) is 14.0. The first-order valence-electron chi connectivity index (χ1n) is 9.91. The van der Waals surface area contributed by atoms with E-state index in [0.29, 0.717) is 11.9 Å². The Morgan fingerprint density at radius 2 is 1.72 bits per heavy atom. The lowest BCUT2D eigenvalue weighted by molar-refractivity contribution is -0.137. The average molecular weight is 403 g/mol. The highest BCUT2D eigenvalue weighted by Crippen LogP contribution is 2.32. The Hall–Kier alpha value is -2.38. The molecule has 0 atom stereocenters. The van der Waals surface area contributed by atoms with Gasteiger partial charge in [-0.2, -0.15) is 13.2 Å². The number of halogens is 3. The fourth-order valence-corrected chi connectivity index (χ4v) is 3.80. The summed E-state index contributed by atoms with van der Waals surface area (Å²) < 4.78 is 46.8. The molecule has 1 fully saturated rings. The van der Waals surface area contributed by atoms with Gasteiger partial charge in [-0.15, -0.1) is 0 Å². The van der Waals surface area contributed by atoms with Crippen LogP contribution in [0.3, 0.4) is 0 Å². The summed E-state index contributed by atoms with van der Waals surface area (Å²) in [4.78, 5) is 6.94. The van der Waals surface area contributed by atoms with Crippen LogP contribution in [0.5, 0.6) is 0 Å². The Kier molecular flexibility index (Phi) is 5.87. The highest BCUT2D eigenvalue weighted by Gasteiger charge is 2.31. The summed E-state index contributed by atoms with van der Waals surface area (Å²) in [6.07, 6.45) is -2.86. The van der Waals surface area contributed by atoms with E-state index in [1.165, 1.54) is 0 Å². The van der Waals surface area contributed by atoms with Crippen molar-refractivity contribution < 1.29 is 17.9 Å². The molecule has 0 N–H and O–H groups in total. The van der Waals surface area contributed by atoms with Crippen LogP contribution in [0.1, 0.15) is 23.4 Å². The minimum absolute atomic E-state index is 0.400. The highest BCUT2D eigenvalue weighted by molar-refractivity contribution is 5.77. The fourth-order valence-electron chi connectivity index (χ4n) is 3.80. The van der Waals surface area contributed by atoms with Gasteiger partial charge >= 0.3 is 6.18 Å². The third-order valence-electron chi connectivity index (χ3n) is 5.32. The summed E-state index contributed by atoms with van der Waals surface area (Å²) in [6.45, 7) is 5.03. The van der Waals surface area contributed by atoms with E-state index >= 15 is 0 Å². The molecule has 1 aromatic heterocycles. The van der Waals surface area contributed by atoms with Gasteiger partial charge in [0.1, 0.15) is 5.82 Å². The molecule has 0 amide bonds. The van der Waals surface area contributed by atoms with E-state index in [1.807, 2.05) is 30.3 Å². The average Bonchev–Trinajstić information content (AvgIpc) is 3.05. The number of alkyl halides is 3. The Morgan fingerprint density at radius 3 is 2.45 bits per heavy atom. The van der Waals surface area contributed by atoms with Crippen LogP contribution >= 0.6 is 0 Å². The Labute approximate surface area is 167 Å². The number of benzene rings is 2. The van der Waals surface area contributed by atoms with Crippen LogP contribution in [-0.2, 0) is 23.9 Å². The van der Waals surface area contributed by atoms with E-state index in [-0.39, 0.29) is 0 Å². The molecule has 2 heterocycles. The quantitative estimate of drug-likeness (QED) is 0.612. The van der Waals surface area contributed by atoms with Crippen molar-refractivity contribution in [1.29, 1.82) is 0 Å². The zero-order valence-corrected chi connectivity index (χ0v) is 16.2. The van der Waals surface area contributed by atoms with Crippen LogP contribution in [0.25, 0.3) is 11.0 Å². The molecule has 2 aromatic carbocycles. The molecule has 1 saturated heterocycles. The first kappa shape index (κ1) is 19.9. The molecule has 3 aromatic rings. The number of fused-ring (bicyclic) bond motifs is 1. The van der Waals surface area contributed by atoms with Crippen LogP contribution in [0, 0.1) is 0 Å². The largest absolute Gasteiger partial charge is 0.416 e. The Bertz CT molecular complexity index is 947. The highest BCUT2D eigenvalue weighted by atomic mass is 19.4. The lowest BCUT2D eigenvalue weighted by atomic mass is 10.1. The molecular formula is C22H24F3N3O. The van der Waals surface area contributed by atoms with Gasteiger partial charge in [0.25, 0.3) is 0 Å². The van der Waals surface area contributed by atoms with Crippen LogP contribution in [0.2, 0.25) is 0 Å². The SMILES string of the molecule is FC(F)(F)c1ccc2c(c1)nc(Cc1ccccc1)n2CCCN1CCOCC1. The van der Waals surface area contributed by atoms with E-state index in [9.17, 15) is 13.2 Å². The third kappa shape index (κ3) is 4.79. The number of aromatic nitrogens is 2. The summed E-state index contributed by atoms with van der Waals surface area (Å²) >= 11 is 0. The summed E-state index contributed by atoms with van der Waals surface area (Å²) in [7, 11) is 0. The molecule has 0 unspecified atom stereocenters. The normalized spacial score (nSPS) is 15.8. The fraction of sp³-hybridized carbons (Fsp3) is 0.409. The molecule has 0 aliphatic carbocycles. The third-order valence-corrected chi connectivity index (χ3v) is 5.32. The maximum absolute atomic E-state index is 13.1. The minimum atomic E-state index is -4.37. The number of ether oxygens (including phenoxy) is 1. The molecule has 7 heteroatoms. The smallest absolute Gasteiger partial charge is 0.379 e. The molecule has 1 aliphatic rings. The van der Waals surface area contributed by atoms with E-state index in [2.05, 4.69) is 14.5 Å².